The van der Waals surface area contributed by atoms with Crippen molar-refractivity contribution in [2.45, 2.75) is 57.0 Å². The summed E-state index contributed by atoms with van der Waals surface area (Å²) in [4.78, 5) is 4.74. The molecule has 5 aliphatic rings. The number of aromatic nitrogens is 2. The molecule has 1 aromatic heterocycles. The fraction of sp³-hybridized carbons (Fsp3) is 0.875. The zero-order valence-corrected chi connectivity index (χ0v) is 11.8. The van der Waals surface area contributed by atoms with E-state index in [-0.39, 0.29) is 6.10 Å². The molecular weight excluding hydrogens is 252 g/mol. The average molecular weight is 274 g/mol. The first kappa shape index (κ1) is 11.7. The van der Waals surface area contributed by atoms with Crippen molar-refractivity contribution >= 4 is 0 Å². The third-order valence-electron chi connectivity index (χ3n) is 6.19. The van der Waals surface area contributed by atoms with Crippen molar-refractivity contribution in [3.63, 3.8) is 0 Å². The lowest BCUT2D eigenvalue weighted by Gasteiger charge is -2.53. The Morgan fingerprint density at radius 3 is 2.35 bits per heavy atom. The average Bonchev–Trinajstić information content (AvgIpc) is 3.08. The Morgan fingerprint density at radius 2 is 1.70 bits per heavy atom. The van der Waals surface area contributed by atoms with Gasteiger partial charge in [-0.15, -0.1) is 0 Å². The Hall–Kier alpha value is -0.900. The maximum atomic E-state index is 5.66. The van der Waals surface area contributed by atoms with Crippen LogP contribution >= 0.6 is 0 Å². The van der Waals surface area contributed by atoms with Gasteiger partial charge in [-0.25, -0.2) is 0 Å². The van der Waals surface area contributed by atoms with Crippen molar-refractivity contribution < 1.29 is 9.26 Å². The fourth-order valence-electron chi connectivity index (χ4n) is 5.63. The lowest BCUT2D eigenvalue weighted by Crippen LogP contribution is -2.44. The molecule has 20 heavy (non-hydrogen) atoms. The molecule has 1 aliphatic heterocycles. The fourth-order valence-corrected chi connectivity index (χ4v) is 5.63. The molecule has 0 radical (unpaired) electrons. The number of rotatable bonds is 2. The second kappa shape index (κ2) is 4.30. The second-order valence-electron chi connectivity index (χ2n) is 7.45. The van der Waals surface area contributed by atoms with Crippen molar-refractivity contribution in [2.24, 2.45) is 23.7 Å². The molecule has 4 heteroatoms. The molecule has 108 valence electrons. The molecule has 0 N–H and O–H groups in total. The van der Waals surface area contributed by atoms with Gasteiger partial charge in [0.05, 0.1) is 0 Å². The molecule has 0 aromatic carbocycles. The van der Waals surface area contributed by atoms with E-state index in [0.29, 0.717) is 5.92 Å². The largest absolute Gasteiger partial charge is 0.368 e. The topological polar surface area (TPSA) is 48.2 Å². The van der Waals surface area contributed by atoms with Crippen LogP contribution in [-0.4, -0.2) is 16.7 Å². The summed E-state index contributed by atoms with van der Waals surface area (Å²) in [5, 5.41) is 4.34. The van der Waals surface area contributed by atoms with Gasteiger partial charge in [-0.3, -0.25) is 0 Å². The highest BCUT2D eigenvalue weighted by Gasteiger charge is 2.50. The zero-order chi connectivity index (χ0) is 13.1. The maximum absolute atomic E-state index is 5.66. The Labute approximate surface area is 119 Å². The van der Waals surface area contributed by atoms with Crippen LogP contribution in [0, 0.1) is 23.7 Å². The first-order valence-electron chi connectivity index (χ1n) is 8.32. The quantitative estimate of drug-likeness (QED) is 0.828. The molecule has 1 unspecified atom stereocenters. The molecule has 4 nitrogen and oxygen atoms in total. The SMILES string of the molecule is C1COC(c2nc(C3C4CC5CC(C4)CC3C5)no2)C1. The summed E-state index contributed by atoms with van der Waals surface area (Å²) in [5.41, 5.74) is 0. The van der Waals surface area contributed by atoms with E-state index in [0.717, 1.165) is 54.8 Å². The molecule has 4 aliphatic carbocycles. The predicted octanol–water partition coefficient (Wildman–Crippen LogP) is 3.46. The zero-order valence-electron chi connectivity index (χ0n) is 11.8. The van der Waals surface area contributed by atoms with Crippen LogP contribution in [0.5, 0.6) is 0 Å². The minimum absolute atomic E-state index is 0.0630. The normalized spacial score (nSPS) is 46.2. The van der Waals surface area contributed by atoms with Gasteiger partial charge in [-0.1, -0.05) is 5.16 Å². The minimum atomic E-state index is 0.0630. The van der Waals surface area contributed by atoms with Crippen molar-refractivity contribution in [3.8, 4) is 0 Å². The van der Waals surface area contributed by atoms with Gasteiger partial charge in [0.25, 0.3) is 5.89 Å². The van der Waals surface area contributed by atoms with Crippen LogP contribution < -0.4 is 0 Å². The van der Waals surface area contributed by atoms with Crippen LogP contribution in [-0.2, 0) is 4.74 Å². The van der Waals surface area contributed by atoms with E-state index >= 15 is 0 Å². The summed E-state index contributed by atoms with van der Waals surface area (Å²) in [7, 11) is 0. The summed E-state index contributed by atoms with van der Waals surface area (Å²) in [6, 6.07) is 0. The number of ether oxygens (including phenoxy) is 1. The van der Waals surface area contributed by atoms with Gasteiger partial charge in [-0.05, 0) is 68.6 Å². The highest BCUT2D eigenvalue weighted by molar-refractivity contribution is 5.10. The third kappa shape index (κ3) is 1.70. The van der Waals surface area contributed by atoms with Crippen molar-refractivity contribution in [2.75, 3.05) is 6.61 Å². The van der Waals surface area contributed by atoms with Crippen LogP contribution in [0.4, 0.5) is 0 Å². The molecule has 6 rings (SSSR count). The molecule has 1 saturated heterocycles. The van der Waals surface area contributed by atoms with E-state index in [2.05, 4.69) is 5.16 Å². The van der Waals surface area contributed by atoms with Crippen LogP contribution in [0.1, 0.15) is 68.7 Å². The molecule has 5 fully saturated rings. The van der Waals surface area contributed by atoms with Crippen LogP contribution in [0.25, 0.3) is 0 Å². The van der Waals surface area contributed by atoms with E-state index in [4.69, 9.17) is 14.2 Å². The first-order chi connectivity index (χ1) is 9.87. The molecule has 0 spiro atoms. The summed E-state index contributed by atoms with van der Waals surface area (Å²) in [6.07, 6.45) is 9.32. The van der Waals surface area contributed by atoms with Gasteiger partial charge in [0.1, 0.15) is 6.10 Å². The summed E-state index contributed by atoms with van der Waals surface area (Å²) < 4.78 is 11.2. The molecule has 1 atom stereocenters. The number of hydrogen-bond acceptors (Lipinski definition) is 4. The minimum Gasteiger partial charge on any atom is -0.368 e. The Kier molecular flexibility index (Phi) is 2.52. The smallest absolute Gasteiger partial charge is 0.255 e. The Bertz CT molecular complexity index is 478. The Morgan fingerprint density at radius 1 is 0.950 bits per heavy atom. The maximum Gasteiger partial charge on any atom is 0.255 e. The lowest BCUT2D eigenvalue weighted by atomic mass is 9.52. The summed E-state index contributed by atoms with van der Waals surface area (Å²) >= 11 is 0. The highest BCUT2D eigenvalue weighted by atomic mass is 16.5. The van der Waals surface area contributed by atoms with Crippen molar-refractivity contribution in [1.29, 1.82) is 0 Å². The molecule has 4 bridgehead atoms. The van der Waals surface area contributed by atoms with Gasteiger partial charge < -0.3 is 9.26 Å². The third-order valence-corrected chi connectivity index (χ3v) is 6.19. The van der Waals surface area contributed by atoms with Gasteiger partial charge >= 0.3 is 0 Å². The van der Waals surface area contributed by atoms with Crippen LogP contribution in [0.15, 0.2) is 4.52 Å². The van der Waals surface area contributed by atoms with Crippen molar-refractivity contribution in [3.05, 3.63) is 11.7 Å². The molecule has 2 heterocycles. The standard InChI is InChI=1S/C16H22N2O2/c1-2-13(19-3-1)16-17-15(18-20-16)14-11-5-9-4-10(7-11)8-12(14)6-9/h9-14H,1-8H2. The van der Waals surface area contributed by atoms with E-state index in [1.165, 1.54) is 32.1 Å². The van der Waals surface area contributed by atoms with Gasteiger partial charge in [0.15, 0.2) is 5.82 Å². The summed E-state index contributed by atoms with van der Waals surface area (Å²) in [6.45, 7) is 0.834. The monoisotopic (exact) mass is 274 g/mol. The highest BCUT2D eigenvalue weighted by Crippen LogP contribution is 2.59. The van der Waals surface area contributed by atoms with E-state index in [9.17, 15) is 0 Å². The Balaban J connectivity index is 1.42. The van der Waals surface area contributed by atoms with Gasteiger partial charge in [-0.2, -0.15) is 4.98 Å². The van der Waals surface area contributed by atoms with Crippen LogP contribution in [0.2, 0.25) is 0 Å². The molecular formula is C16H22N2O2. The second-order valence-corrected chi connectivity index (χ2v) is 7.45. The van der Waals surface area contributed by atoms with Crippen molar-refractivity contribution in [1.82, 2.24) is 10.1 Å². The number of nitrogens with zero attached hydrogens (tertiary/aromatic N) is 2. The van der Waals surface area contributed by atoms with Gasteiger partial charge in [0, 0.05) is 12.5 Å². The lowest BCUT2D eigenvalue weighted by molar-refractivity contribution is -0.00629. The van der Waals surface area contributed by atoms with Gasteiger partial charge in [0.2, 0.25) is 0 Å². The summed E-state index contributed by atoms with van der Waals surface area (Å²) in [5.74, 6) is 5.93. The molecule has 4 saturated carbocycles. The van der Waals surface area contributed by atoms with E-state index in [1.54, 1.807) is 0 Å². The van der Waals surface area contributed by atoms with E-state index in [1.807, 2.05) is 0 Å². The van der Waals surface area contributed by atoms with E-state index < -0.39 is 0 Å². The predicted molar refractivity (Wildman–Crippen MR) is 72.0 cm³/mol. The number of hydrogen-bond donors (Lipinski definition) is 0. The van der Waals surface area contributed by atoms with Crippen LogP contribution in [0.3, 0.4) is 0 Å². The molecule has 1 aromatic rings. The first-order valence-corrected chi connectivity index (χ1v) is 8.32. The molecule has 0 amide bonds.